The molecule has 0 aromatic heterocycles. The fourth-order valence-corrected chi connectivity index (χ4v) is 3.08. The van der Waals surface area contributed by atoms with Gasteiger partial charge in [0.2, 0.25) is 11.8 Å². The van der Waals surface area contributed by atoms with Gasteiger partial charge in [-0.05, 0) is 32.1 Å². The number of carbonyl (C=O) groups is 2. The van der Waals surface area contributed by atoms with Gasteiger partial charge in [-0.2, -0.15) is 0 Å². The zero-order valence-corrected chi connectivity index (χ0v) is 12.5. The second-order valence-electron chi connectivity index (χ2n) is 6.57. The predicted molar refractivity (Wildman–Crippen MR) is 74.4 cm³/mol. The van der Waals surface area contributed by atoms with Crippen LogP contribution in [0.25, 0.3) is 0 Å². The van der Waals surface area contributed by atoms with Gasteiger partial charge in [-0.3, -0.25) is 9.59 Å². The fourth-order valence-electron chi connectivity index (χ4n) is 3.08. The molecule has 1 heterocycles. The van der Waals surface area contributed by atoms with Gasteiger partial charge in [0.05, 0.1) is 5.92 Å². The van der Waals surface area contributed by atoms with Crippen LogP contribution in [0.5, 0.6) is 0 Å². The molecule has 106 valence electrons. The summed E-state index contributed by atoms with van der Waals surface area (Å²) in [6.45, 7) is 11.4. The Labute approximate surface area is 115 Å². The zero-order chi connectivity index (χ0) is 14.4. The monoisotopic (exact) mass is 264 g/mol. The highest BCUT2D eigenvalue weighted by molar-refractivity contribution is 5.91. The summed E-state index contributed by atoms with van der Waals surface area (Å²) >= 11 is 0. The minimum Gasteiger partial charge on any atom is -0.353 e. The lowest BCUT2D eigenvalue weighted by atomic mass is 10.1. The van der Waals surface area contributed by atoms with Crippen LogP contribution in [0.3, 0.4) is 0 Å². The molecular weight excluding hydrogens is 240 g/mol. The Hall–Kier alpha value is -1.32. The third-order valence-electron chi connectivity index (χ3n) is 4.47. The van der Waals surface area contributed by atoms with Crippen LogP contribution < -0.4 is 5.32 Å². The summed E-state index contributed by atoms with van der Waals surface area (Å²) < 4.78 is 0. The van der Waals surface area contributed by atoms with Crippen molar-refractivity contribution in [1.82, 2.24) is 10.2 Å². The molecule has 4 heteroatoms. The Balaban J connectivity index is 2.13. The Kier molecular flexibility index (Phi) is 3.45. The van der Waals surface area contributed by atoms with Crippen molar-refractivity contribution in [2.45, 2.75) is 40.7 Å². The maximum atomic E-state index is 12.6. The summed E-state index contributed by atoms with van der Waals surface area (Å²) in [7, 11) is 0. The highest BCUT2D eigenvalue weighted by Crippen LogP contribution is 2.60. The molecule has 2 aliphatic rings. The summed E-state index contributed by atoms with van der Waals surface area (Å²) in [5, 5.41) is 2.80. The summed E-state index contributed by atoms with van der Waals surface area (Å²) in [6, 6.07) is -0.343. The van der Waals surface area contributed by atoms with Crippen molar-refractivity contribution in [1.29, 1.82) is 0 Å². The standard InChI is InChI=1S/C15H24N2O2/c1-9(2)8-11-12(15(11,4)5)14(19)17-7-6-16-13(18)10(17)3/h8,10-12H,6-7H2,1-5H3,(H,16,18). The highest BCUT2D eigenvalue weighted by Gasteiger charge is 2.61. The third kappa shape index (κ3) is 2.40. The second-order valence-corrected chi connectivity index (χ2v) is 6.57. The first-order valence-corrected chi connectivity index (χ1v) is 7.00. The van der Waals surface area contributed by atoms with Gasteiger partial charge in [-0.25, -0.2) is 0 Å². The molecule has 1 aliphatic heterocycles. The lowest BCUT2D eigenvalue weighted by Gasteiger charge is -2.33. The van der Waals surface area contributed by atoms with Crippen LogP contribution in [-0.4, -0.2) is 35.8 Å². The molecule has 1 N–H and O–H groups in total. The number of rotatable bonds is 2. The fraction of sp³-hybridized carbons (Fsp3) is 0.733. The Morgan fingerprint density at radius 2 is 2.05 bits per heavy atom. The second kappa shape index (κ2) is 4.66. The molecule has 0 radical (unpaired) electrons. The van der Waals surface area contributed by atoms with Crippen molar-refractivity contribution in [2.24, 2.45) is 17.3 Å². The minimum absolute atomic E-state index is 0.0159. The molecule has 0 aromatic carbocycles. The zero-order valence-electron chi connectivity index (χ0n) is 12.5. The van der Waals surface area contributed by atoms with E-state index >= 15 is 0 Å². The SMILES string of the molecule is CC(C)=CC1C(C(=O)N2CCNC(=O)C2C)C1(C)C. The number of hydrogen-bond acceptors (Lipinski definition) is 2. The lowest BCUT2D eigenvalue weighted by Crippen LogP contribution is -2.56. The summed E-state index contributed by atoms with van der Waals surface area (Å²) in [6.07, 6.45) is 2.19. The lowest BCUT2D eigenvalue weighted by molar-refractivity contribution is -0.144. The van der Waals surface area contributed by atoms with E-state index in [2.05, 4.69) is 39.1 Å². The molecule has 1 saturated heterocycles. The number of allylic oxidation sites excluding steroid dienone is 2. The van der Waals surface area contributed by atoms with Crippen LogP contribution in [0.1, 0.15) is 34.6 Å². The van der Waals surface area contributed by atoms with E-state index in [-0.39, 0.29) is 29.2 Å². The average Bonchev–Trinajstić information content (AvgIpc) is 2.82. The Morgan fingerprint density at radius 1 is 1.42 bits per heavy atom. The first-order valence-electron chi connectivity index (χ1n) is 7.00. The molecule has 1 aliphatic carbocycles. The molecular formula is C15H24N2O2. The number of nitrogens with one attached hydrogen (secondary N) is 1. The number of nitrogens with zero attached hydrogens (tertiary/aromatic N) is 1. The van der Waals surface area contributed by atoms with Gasteiger partial charge in [0.1, 0.15) is 6.04 Å². The molecule has 4 nitrogen and oxygen atoms in total. The molecule has 2 amide bonds. The quantitative estimate of drug-likeness (QED) is 0.770. The van der Waals surface area contributed by atoms with Crippen molar-refractivity contribution in [2.75, 3.05) is 13.1 Å². The van der Waals surface area contributed by atoms with E-state index in [1.807, 2.05) is 0 Å². The minimum atomic E-state index is -0.343. The number of carbonyl (C=O) groups excluding carboxylic acids is 2. The molecule has 0 spiro atoms. The highest BCUT2D eigenvalue weighted by atomic mass is 16.2. The summed E-state index contributed by atoms with van der Waals surface area (Å²) in [5.41, 5.74) is 1.26. The van der Waals surface area contributed by atoms with Crippen LogP contribution in [-0.2, 0) is 9.59 Å². The van der Waals surface area contributed by atoms with E-state index in [4.69, 9.17) is 0 Å². The molecule has 2 fully saturated rings. The van der Waals surface area contributed by atoms with Crippen LogP contribution >= 0.6 is 0 Å². The maximum Gasteiger partial charge on any atom is 0.242 e. The van der Waals surface area contributed by atoms with Gasteiger partial charge in [-0.15, -0.1) is 0 Å². The number of piperazine rings is 1. The number of hydrogen-bond donors (Lipinski definition) is 1. The van der Waals surface area contributed by atoms with Crippen molar-refractivity contribution < 1.29 is 9.59 Å². The normalized spacial score (nSPS) is 32.6. The summed E-state index contributed by atoms with van der Waals surface area (Å²) in [5.74, 6) is 0.421. The van der Waals surface area contributed by atoms with Gasteiger partial charge >= 0.3 is 0 Å². The van der Waals surface area contributed by atoms with Crippen LogP contribution in [0, 0.1) is 17.3 Å². The molecule has 0 aromatic rings. The first-order chi connectivity index (χ1) is 8.76. The summed E-state index contributed by atoms with van der Waals surface area (Å²) in [4.78, 5) is 26.0. The van der Waals surface area contributed by atoms with E-state index in [0.717, 1.165) is 0 Å². The molecule has 19 heavy (non-hydrogen) atoms. The molecule has 0 bridgehead atoms. The maximum absolute atomic E-state index is 12.6. The van der Waals surface area contributed by atoms with Gasteiger partial charge in [-0.1, -0.05) is 25.5 Å². The van der Waals surface area contributed by atoms with Crippen LogP contribution in [0.15, 0.2) is 11.6 Å². The van der Waals surface area contributed by atoms with Crippen molar-refractivity contribution in [3.63, 3.8) is 0 Å². The Bertz CT molecular complexity index is 435. The van der Waals surface area contributed by atoms with Gasteiger partial charge in [0.25, 0.3) is 0 Å². The van der Waals surface area contributed by atoms with E-state index in [9.17, 15) is 9.59 Å². The van der Waals surface area contributed by atoms with Gasteiger partial charge < -0.3 is 10.2 Å². The van der Waals surface area contributed by atoms with Crippen LogP contribution in [0.2, 0.25) is 0 Å². The topological polar surface area (TPSA) is 49.4 Å². The first kappa shape index (κ1) is 14.1. The van der Waals surface area contributed by atoms with E-state index in [1.165, 1.54) is 5.57 Å². The van der Waals surface area contributed by atoms with Gasteiger partial charge in [0, 0.05) is 13.1 Å². The average molecular weight is 264 g/mol. The van der Waals surface area contributed by atoms with E-state index < -0.39 is 0 Å². The third-order valence-corrected chi connectivity index (χ3v) is 4.47. The van der Waals surface area contributed by atoms with Crippen LogP contribution in [0.4, 0.5) is 0 Å². The van der Waals surface area contributed by atoms with E-state index in [1.54, 1.807) is 11.8 Å². The van der Waals surface area contributed by atoms with E-state index in [0.29, 0.717) is 19.0 Å². The van der Waals surface area contributed by atoms with Crippen molar-refractivity contribution >= 4 is 11.8 Å². The van der Waals surface area contributed by atoms with Crippen molar-refractivity contribution in [3.05, 3.63) is 11.6 Å². The largest absolute Gasteiger partial charge is 0.353 e. The number of amides is 2. The van der Waals surface area contributed by atoms with Crippen molar-refractivity contribution in [3.8, 4) is 0 Å². The molecule has 2 rings (SSSR count). The Morgan fingerprint density at radius 3 is 2.63 bits per heavy atom. The smallest absolute Gasteiger partial charge is 0.242 e. The molecule has 1 saturated carbocycles. The van der Waals surface area contributed by atoms with Gasteiger partial charge in [0.15, 0.2) is 0 Å². The molecule has 3 unspecified atom stereocenters. The molecule has 3 atom stereocenters. The predicted octanol–water partition coefficient (Wildman–Crippen LogP) is 1.57.